The minimum atomic E-state index is -0.148. The van der Waals surface area contributed by atoms with Gasteiger partial charge in [-0.15, -0.1) is 0 Å². The van der Waals surface area contributed by atoms with Gasteiger partial charge in [0, 0.05) is 18.8 Å². The van der Waals surface area contributed by atoms with Crippen LogP contribution in [0.25, 0.3) is 0 Å². The lowest BCUT2D eigenvalue weighted by molar-refractivity contribution is 0.0934. The predicted molar refractivity (Wildman–Crippen MR) is 84.6 cm³/mol. The fraction of sp³-hybridized carbons (Fsp3) is 0.562. The van der Waals surface area contributed by atoms with Gasteiger partial charge in [-0.1, -0.05) is 6.07 Å². The number of rotatable bonds is 5. The molecule has 3 N–H and O–H groups in total. The van der Waals surface area contributed by atoms with Crippen LogP contribution in [0.1, 0.15) is 30.1 Å². The summed E-state index contributed by atoms with van der Waals surface area (Å²) in [7, 11) is 2.12. The lowest BCUT2D eigenvalue weighted by Crippen LogP contribution is -2.39. The van der Waals surface area contributed by atoms with E-state index >= 15 is 0 Å². The summed E-state index contributed by atoms with van der Waals surface area (Å²) in [5, 5.41) is 3.00. The number of nitrogen functional groups attached to an aromatic ring is 1. The minimum Gasteiger partial charge on any atom is -0.493 e. The van der Waals surface area contributed by atoms with Gasteiger partial charge in [-0.3, -0.25) is 4.79 Å². The highest BCUT2D eigenvalue weighted by Gasteiger charge is 2.20. The Morgan fingerprint density at radius 2 is 2.33 bits per heavy atom. The molecule has 1 unspecified atom stereocenters. The van der Waals surface area contributed by atoms with Crippen LogP contribution in [0.3, 0.4) is 0 Å². The Hall–Kier alpha value is -1.75. The normalized spacial score (nSPS) is 19.2. The molecule has 116 valence electrons. The lowest BCUT2D eigenvalue weighted by atomic mass is 9.98. The summed E-state index contributed by atoms with van der Waals surface area (Å²) in [4.78, 5) is 14.7. The number of piperidine rings is 1. The molecule has 0 spiro atoms. The number of carbonyl (C=O) groups is 1. The number of nitrogens with two attached hydrogens (primary N) is 1. The number of likely N-dealkylation sites (tertiary alicyclic amines) is 1. The van der Waals surface area contributed by atoms with E-state index in [0.29, 0.717) is 36.1 Å². The number of benzene rings is 1. The monoisotopic (exact) mass is 291 g/mol. The van der Waals surface area contributed by atoms with Crippen LogP contribution in [0.2, 0.25) is 0 Å². The molecule has 0 bridgehead atoms. The molecular formula is C16H25N3O2. The average Bonchev–Trinajstić information content (AvgIpc) is 2.45. The maximum Gasteiger partial charge on any atom is 0.257 e. The van der Waals surface area contributed by atoms with Crippen molar-refractivity contribution in [3.05, 3.63) is 23.8 Å². The Labute approximate surface area is 126 Å². The van der Waals surface area contributed by atoms with Crippen LogP contribution in [-0.2, 0) is 0 Å². The number of amides is 1. The van der Waals surface area contributed by atoms with E-state index in [1.165, 1.54) is 6.42 Å². The van der Waals surface area contributed by atoms with Crippen LogP contribution in [-0.4, -0.2) is 44.1 Å². The Morgan fingerprint density at radius 1 is 1.52 bits per heavy atom. The van der Waals surface area contributed by atoms with E-state index in [1.807, 2.05) is 6.92 Å². The Morgan fingerprint density at radius 3 is 3.05 bits per heavy atom. The summed E-state index contributed by atoms with van der Waals surface area (Å²) in [6.45, 7) is 5.26. The zero-order valence-corrected chi connectivity index (χ0v) is 12.9. The summed E-state index contributed by atoms with van der Waals surface area (Å²) < 4.78 is 5.50. The van der Waals surface area contributed by atoms with Crippen molar-refractivity contribution >= 4 is 11.6 Å². The van der Waals surface area contributed by atoms with Gasteiger partial charge >= 0.3 is 0 Å². The molecule has 5 heteroatoms. The maximum absolute atomic E-state index is 12.4. The maximum atomic E-state index is 12.4. The van der Waals surface area contributed by atoms with Crippen molar-refractivity contribution in [2.75, 3.05) is 39.0 Å². The van der Waals surface area contributed by atoms with Crippen molar-refractivity contribution in [3.63, 3.8) is 0 Å². The number of hydrogen-bond donors (Lipinski definition) is 2. The van der Waals surface area contributed by atoms with Crippen molar-refractivity contribution in [2.45, 2.75) is 19.8 Å². The van der Waals surface area contributed by atoms with Crippen molar-refractivity contribution in [1.82, 2.24) is 10.2 Å². The van der Waals surface area contributed by atoms with E-state index in [9.17, 15) is 4.79 Å². The molecule has 1 aliphatic rings. The Kier molecular flexibility index (Phi) is 5.44. The predicted octanol–water partition coefficient (Wildman–Crippen LogP) is 1.74. The topological polar surface area (TPSA) is 67.6 Å². The zero-order chi connectivity index (χ0) is 15.2. The van der Waals surface area contributed by atoms with Crippen molar-refractivity contribution < 1.29 is 9.53 Å². The standard InChI is InChI=1S/C16H25N3O2/c1-3-21-14-8-4-7-13(17)15(14)16(20)18-10-12-6-5-9-19(2)11-12/h4,7-8,12H,3,5-6,9-11,17H2,1-2H3,(H,18,20). The van der Waals surface area contributed by atoms with Gasteiger partial charge in [-0.2, -0.15) is 0 Å². The number of nitrogens with one attached hydrogen (secondary N) is 1. The van der Waals surface area contributed by atoms with Gasteiger partial charge in [0.05, 0.1) is 6.61 Å². The summed E-state index contributed by atoms with van der Waals surface area (Å²) in [6, 6.07) is 5.31. The van der Waals surface area contributed by atoms with Gasteiger partial charge in [0.15, 0.2) is 0 Å². The first-order chi connectivity index (χ1) is 10.1. The SMILES string of the molecule is CCOc1cccc(N)c1C(=O)NCC1CCCN(C)C1. The Bertz CT molecular complexity index is 490. The molecule has 0 radical (unpaired) electrons. The highest BCUT2D eigenvalue weighted by Crippen LogP contribution is 2.24. The molecule has 21 heavy (non-hydrogen) atoms. The van der Waals surface area contributed by atoms with E-state index < -0.39 is 0 Å². The number of nitrogens with zero attached hydrogens (tertiary/aromatic N) is 1. The van der Waals surface area contributed by atoms with E-state index in [-0.39, 0.29) is 5.91 Å². The first-order valence-electron chi connectivity index (χ1n) is 7.59. The molecular weight excluding hydrogens is 266 g/mol. The number of hydrogen-bond acceptors (Lipinski definition) is 4. The molecule has 1 aromatic rings. The van der Waals surface area contributed by atoms with Crippen LogP contribution < -0.4 is 15.8 Å². The van der Waals surface area contributed by atoms with Crippen molar-refractivity contribution in [2.24, 2.45) is 5.92 Å². The fourth-order valence-corrected chi connectivity index (χ4v) is 2.83. The number of ether oxygens (including phenoxy) is 1. The molecule has 1 atom stereocenters. The van der Waals surface area contributed by atoms with E-state index in [0.717, 1.165) is 19.5 Å². The lowest BCUT2D eigenvalue weighted by Gasteiger charge is -2.29. The molecule has 1 heterocycles. The van der Waals surface area contributed by atoms with Gasteiger partial charge in [0.2, 0.25) is 0 Å². The van der Waals surface area contributed by atoms with Crippen LogP contribution in [0.4, 0.5) is 5.69 Å². The third-order valence-corrected chi connectivity index (χ3v) is 3.86. The minimum absolute atomic E-state index is 0.148. The fourth-order valence-electron chi connectivity index (χ4n) is 2.83. The van der Waals surface area contributed by atoms with Gasteiger partial charge < -0.3 is 20.7 Å². The van der Waals surface area contributed by atoms with Gasteiger partial charge in [-0.05, 0) is 51.4 Å². The van der Waals surface area contributed by atoms with E-state index in [2.05, 4.69) is 17.3 Å². The second-order valence-corrected chi connectivity index (χ2v) is 5.63. The summed E-state index contributed by atoms with van der Waals surface area (Å²) in [5.74, 6) is 0.911. The summed E-state index contributed by atoms with van der Waals surface area (Å²) >= 11 is 0. The average molecular weight is 291 g/mol. The van der Waals surface area contributed by atoms with E-state index in [4.69, 9.17) is 10.5 Å². The summed E-state index contributed by atoms with van der Waals surface area (Å²) in [6.07, 6.45) is 2.35. The van der Waals surface area contributed by atoms with E-state index in [1.54, 1.807) is 18.2 Å². The highest BCUT2D eigenvalue weighted by atomic mass is 16.5. The molecule has 1 amide bonds. The van der Waals surface area contributed by atoms with Crippen molar-refractivity contribution in [3.8, 4) is 5.75 Å². The largest absolute Gasteiger partial charge is 0.493 e. The molecule has 1 aliphatic heterocycles. The molecule has 0 aliphatic carbocycles. The molecule has 1 fully saturated rings. The van der Waals surface area contributed by atoms with Crippen LogP contribution >= 0.6 is 0 Å². The zero-order valence-electron chi connectivity index (χ0n) is 12.9. The number of carbonyl (C=O) groups excluding carboxylic acids is 1. The van der Waals surface area contributed by atoms with Gasteiger partial charge in [0.1, 0.15) is 11.3 Å². The second kappa shape index (κ2) is 7.31. The smallest absolute Gasteiger partial charge is 0.257 e. The quantitative estimate of drug-likeness (QED) is 0.811. The van der Waals surface area contributed by atoms with Crippen LogP contribution in [0, 0.1) is 5.92 Å². The third kappa shape index (κ3) is 4.11. The Balaban J connectivity index is 2.00. The van der Waals surface area contributed by atoms with Gasteiger partial charge in [0.25, 0.3) is 5.91 Å². The second-order valence-electron chi connectivity index (χ2n) is 5.63. The van der Waals surface area contributed by atoms with Crippen molar-refractivity contribution in [1.29, 1.82) is 0 Å². The third-order valence-electron chi connectivity index (χ3n) is 3.86. The van der Waals surface area contributed by atoms with Crippen LogP contribution in [0.15, 0.2) is 18.2 Å². The molecule has 0 saturated carbocycles. The molecule has 2 rings (SSSR count). The van der Waals surface area contributed by atoms with Gasteiger partial charge in [-0.25, -0.2) is 0 Å². The first-order valence-corrected chi connectivity index (χ1v) is 7.59. The number of anilines is 1. The molecule has 1 saturated heterocycles. The highest BCUT2D eigenvalue weighted by molar-refractivity contribution is 6.01. The first kappa shape index (κ1) is 15.6. The molecule has 5 nitrogen and oxygen atoms in total. The van der Waals surface area contributed by atoms with Crippen LogP contribution in [0.5, 0.6) is 5.75 Å². The summed E-state index contributed by atoms with van der Waals surface area (Å²) in [5.41, 5.74) is 6.84. The molecule has 0 aromatic heterocycles. The molecule has 1 aromatic carbocycles.